The molecule has 0 amide bonds. The van der Waals surface area contributed by atoms with Gasteiger partial charge in [-0.1, -0.05) is 23.1 Å². The van der Waals surface area contributed by atoms with Gasteiger partial charge in [-0.25, -0.2) is 8.42 Å². The number of anilines is 1. The third kappa shape index (κ3) is 4.62. The Balaban J connectivity index is 2.12. The van der Waals surface area contributed by atoms with Crippen LogP contribution in [0, 0.1) is 0 Å². The third-order valence-corrected chi connectivity index (χ3v) is 5.76. The van der Waals surface area contributed by atoms with E-state index in [1.807, 2.05) is 0 Å². The quantitative estimate of drug-likeness (QED) is 0.689. The SMILES string of the molecule is O=C(O)CSc1nnc(NS(=O)(=O)c2cncc(Br)c2)s1. The molecule has 0 saturated heterocycles. The van der Waals surface area contributed by atoms with Gasteiger partial charge in [0.25, 0.3) is 10.0 Å². The van der Waals surface area contributed by atoms with Crippen molar-refractivity contribution in [2.45, 2.75) is 9.24 Å². The zero-order valence-corrected chi connectivity index (χ0v) is 14.1. The van der Waals surface area contributed by atoms with E-state index in [-0.39, 0.29) is 15.8 Å². The molecule has 12 heteroatoms. The average molecular weight is 411 g/mol. The monoisotopic (exact) mass is 410 g/mol. The number of aromatic nitrogens is 3. The second-order valence-electron chi connectivity index (χ2n) is 3.50. The van der Waals surface area contributed by atoms with E-state index in [0.29, 0.717) is 8.81 Å². The van der Waals surface area contributed by atoms with Gasteiger partial charge in [0.05, 0.1) is 5.75 Å². The number of halogens is 1. The molecule has 0 bridgehead atoms. The van der Waals surface area contributed by atoms with E-state index in [1.54, 1.807) is 0 Å². The van der Waals surface area contributed by atoms with Crippen LogP contribution in [0.25, 0.3) is 0 Å². The van der Waals surface area contributed by atoms with Crippen LogP contribution in [0.2, 0.25) is 0 Å². The van der Waals surface area contributed by atoms with E-state index >= 15 is 0 Å². The maximum atomic E-state index is 12.1. The number of carbonyl (C=O) groups is 1. The molecular weight excluding hydrogens is 404 g/mol. The topological polar surface area (TPSA) is 122 Å². The first-order valence-electron chi connectivity index (χ1n) is 5.18. The molecule has 0 saturated carbocycles. The number of aliphatic carboxylic acids is 1. The Morgan fingerprint density at radius 1 is 1.43 bits per heavy atom. The van der Waals surface area contributed by atoms with Gasteiger partial charge in [-0.15, -0.1) is 10.2 Å². The Labute approximate surface area is 136 Å². The largest absolute Gasteiger partial charge is 0.481 e. The lowest BCUT2D eigenvalue weighted by atomic mass is 10.5. The molecule has 2 N–H and O–H groups in total. The zero-order valence-electron chi connectivity index (χ0n) is 10.1. The van der Waals surface area contributed by atoms with Crippen molar-refractivity contribution in [1.29, 1.82) is 0 Å². The molecule has 0 unspecified atom stereocenters. The molecule has 0 aliphatic rings. The fourth-order valence-electron chi connectivity index (χ4n) is 1.15. The van der Waals surface area contributed by atoms with Crippen LogP contribution in [-0.4, -0.2) is 40.4 Å². The number of carboxylic acids is 1. The van der Waals surface area contributed by atoms with Crippen molar-refractivity contribution in [3.05, 3.63) is 22.9 Å². The average Bonchev–Trinajstić information content (AvgIpc) is 2.83. The predicted molar refractivity (Wildman–Crippen MR) is 81.0 cm³/mol. The van der Waals surface area contributed by atoms with E-state index in [4.69, 9.17) is 5.11 Å². The maximum absolute atomic E-state index is 12.1. The number of nitrogens with one attached hydrogen (secondary N) is 1. The maximum Gasteiger partial charge on any atom is 0.313 e. The van der Waals surface area contributed by atoms with Crippen molar-refractivity contribution in [2.24, 2.45) is 0 Å². The smallest absolute Gasteiger partial charge is 0.313 e. The lowest BCUT2D eigenvalue weighted by Crippen LogP contribution is -2.13. The van der Waals surface area contributed by atoms with Gasteiger partial charge in [0.2, 0.25) is 5.13 Å². The molecule has 0 atom stereocenters. The first kappa shape index (κ1) is 16.1. The van der Waals surface area contributed by atoms with Gasteiger partial charge in [-0.2, -0.15) is 0 Å². The van der Waals surface area contributed by atoms with Crippen LogP contribution < -0.4 is 4.72 Å². The van der Waals surface area contributed by atoms with E-state index in [9.17, 15) is 13.2 Å². The van der Waals surface area contributed by atoms with Gasteiger partial charge in [0, 0.05) is 16.9 Å². The molecule has 8 nitrogen and oxygen atoms in total. The summed E-state index contributed by atoms with van der Waals surface area (Å²) in [6.45, 7) is 0. The number of hydrogen-bond donors (Lipinski definition) is 2. The Bertz CT molecular complexity index is 764. The summed E-state index contributed by atoms with van der Waals surface area (Å²) in [5, 5.41) is 16.0. The molecular formula is C9H7BrN4O4S3. The number of thioether (sulfide) groups is 1. The van der Waals surface area contributed by atoms with Crippen LogP contribution in [0.4, 0.5) is 5.13 Å². The molecule has 21 heavy (non-hydrogen) atoms. The summed E-state index contributed by atoms with van der Waals surface area (Å²) in [5.41, 5.74) is 0. The summed E-state index contributed by atoms with van der Waals surface area (Å²) in [4.78, 5) is 14.2. The highest BCUT2D eigenvalue weighted by Gasteiger charge is 2.18. The zero-order chi connectivity index (χ0) is 15.5. The molecule has 2 aromatic heterocycles. The van der Waals surface area contributed by atoms with E-state index in [1.165, 1.54) is 18.5 Å². The van der Waals surface area contributed by atoms with Crippen molar-refractivity contribution in [2.75, 3.05) is 10.5 Å². The Hall–Kier alpha value is -1.24. The van der Waals surface area contributed by atoms with E-state index < -0.39 is 16.0 Å². The van der Waals surface area contributed by atoms with Crippen molar-refractivity contribution in [1.82, 2.24) is 15.2 Å². The van der Waals surface area contributed by atoms with Gasteiger partial charge < -0.3 is 5.11 Å². The number of nitrogens with zero attached hydrogens (tertiary/aromatic N) is 3. The van der Waals surface area contributed by atoms with Crippen molar-refractivity contribution in [3.63, 3.8) is 0 Å². The molecule has 0 aliphatic carbocycles. The fraction of sp³-hybridized carbons (Fsp3) is 0.111. The Morgan fingerprint density at radius 2 is 2.19 bits per heavy atom. The molecule has 2 heterocycles. The summed E-state index contributed by atoms with van der Waals surface area (Å²) in [6.07, 6.45) is 2.67. The molecule has 0 spiro atoms. The molecule has 112 valence electrons. The fourth-order valence-corrected chi connectivity index (χ4v) is 4.35. The second kappa shape index (κ2) is 6.68. The minimum Gasteiger partial charge on any atom is -0.481 e. The number of hydrogen-bond acceptors (Lipinski definition) is 8. The summed E-state index contributed by atoms with van der Waals surface area (Å²) in [5.74, 6) is -1.16. The van der Waals surface area contributed by atoms with Crippen LogP contribution in [0.1, 0.15) is 0 Å². The highest BCUT2D eigenvalue weighted by Crippen LogP contribution is 2.27. The standard InChI is InChI=1S/C9H7BrN4O4S3/c10-5-1-6(3-11-2-5)21(17,18)14-8-12-13-9(20-8)19-4-7(15)16/h1-3H,4H2,(H,12,14)(H,15,16). The lowest BCUT2D eigenvalue weighted by molar-refractivity contribution is -0.133. The number of sulfonamides is 1. The first-order valence-corrected chi connectivity index (χ1v) is 9.26. The van der Waals surface area contributed by atoms with Gasteiger partial charge in [0.1, 0.15) is 4.90 Å². The third-order valence-electron chi connectivity index (χ3n) is 1.94. The highest BCUT2D eigenvalue weighted by atomic mass is 79.9. The summed E-state index contributed by atoms with van der Waals surface area (Å²) in [7, 11) is -3.81. The summed E-state index contributed by atoms with van der Waals surface area (Å²) >= 11 is 5.06. The second-order valence-corrected chi connectivity index (χ2v) is 8.30. The molecule has 2 aromatic rings. The molecule has 0 aromatic carbocycles. The molecule has 0 radical (unpaired) electrons. The van der Waals surface area contributed by atoms with Crippen molar-refractivity contribution < 1.29 is 18.3 Å². The van der Waals surface area contributed by atoms with E-state index in [2.05, 4.69) is 35.8 Å². The van der Waals surface area contributed by atoms with E-state index in [0.717, 1.165) is 23.1 Å². The van der Waals surface area contributed by atoms with Crippen molar-refractivity contribution >= 4 is 60.2 Å². The normalized spacial score (nSPS) is 11.3. The van der Waals surface area contributed by atoms with Gasteiger partial charge in [-0.3, -0.25) is 14.5 Å². The van der Waals surface area contributed by atoms with Crippen LogP contribution in [0.15, 0.2) is 32.2 Å². The van der Waals surface area contributed by atoms with Gasteiger partial charge in [-0.05, 0) is 22.0 Å². The number of carboxylic acid groups (broad SMARTS) is 1. The molecule has 2 rings (SSSR count). The van der Waals surface area contributed by atoms with Crippen LogP contribution in [0.5, 0.6) is 0 Å². The number of pyridine rings is 1. The van der Waals surface area contributed by atoms with Crippen LogP contribution >= 0.6 is 39.0 Å². The summed E-state index contributed by atoms with van der Waals surface area (Å²) < 4.78 is 27.3. The Kier molecular flexibility index (Phi) is 5.13. The molecule has 0 fully saturated rings. The first-order chi connectivity index (χ1) is 9.87. The Morgan fingerprint density at radius 3 is 2.86 bits per heavy atom. The van der Waals surface area contributed by atoms with Crippen LogP contribution in [0.3, 0.4) is 0 Å². The van der Waals surface area contributed by atoms with Crippen molar-refractivity contribution in [3.8, 4) is 0 Å². The minimum absolute atomic E-state index is 0.0215. The van der Waals surface area contributed by atoms with Crippen LogP contribution in [-0.2, 0) is 14.8 Å². The number of rotatable bonds is 6. The summed E-state index contributed by atoms with van der Waals surface area (Å²) in [6, 6.07) is 1.40. The van der Waals surface area contributed by atoms with Gasteiger partial charge >= 0.3 is 5.97 Å². The van der Waals surface area contributed by atoms with Gasteiger partial charge in [0.15, 0.2) is 4.34 Å². The molecule has 0 aliphatic heterocycles. The lowest BCUT2D eigenvalue weighted by Gasteiger charge is -2.03. The predicted octanol–water partition coefficient (Wildman–Crippen LogP) is 1.67. The minimum atomic E-state index is -3.81. The highest BCUT2D eigenvalue weighted by molar-refractivity contribution is 9.10.